The van der Waals surface area contributed by atoms with Crippen molar-refractivity contribution in [3.63, 3.8) is 0 Å². The zero-order valence-electron chi connectivity index (χ0n) is 7.18. The van der Waals surface area contributed by atoms with Gasteiger partial charge in [0.1, 0.15) is 7.28 Å². The van der Waals surface area contributed by atoms with Crippen molar-refractivity contribution in [2.75, 3.05) is 0 Å². The number of hydrogen-bond donors (Lipinski definition) is 0. The molecule has 0 aliphatic carbocycles. The van der Waals surface area contributed by atoms with Crippen molar-refractivity contribution < 1.29 is 0 Å². The number of allylic oxidation sites excluding steroid dienone is 1. The summed E-state index contributed by atoms with van der Waals surface area (Å²) in [6, 6.07) is 0. The highest BCUT2D eigenvalue weighted by Gasteiger charge is 2.37. The van der Waals surface area contributed by atoms with Crippen molar-refractivity contribution in [1.82, 2.24) is 0 Å². The maximum atomic E-state index is 3.96. The lowest BCUT2D eigenvalue weighted by Gasteiger charge is -2.42. The largest absolute Gasteiger partial charge is 0.127 e. The summed E-state index contributed by atoms with van der Waals surface area (Å²) in [5, 5.41) is 0.459. The van der Waals surface area contributed by atoms with E-state index in [0.717, 1.165) is 5.82 Å². The van der Waals surface area contributed by atoms with Gasteiger partial charge in [-0.3, -0.25) is 0 Å². The lowest BCUT2D eigenvalue weighted by Crippen LogP contribution is -2.30. The third kappa shape index (κ3) is 1.26. The minimum Gasteiger partial charge on any atom is -0.103 e. The van der Waals surface area contributed by atoms with E-state index in [4.69, 9.17) is 0 Å². The lowest BCUT2D eigenvalue weighted by atomic mass is 9.36. The first-order chi connectivity index (χ1) is 5.35. The van der Waals surface area contributed by atoms with Crippen molar-refractivity contribution in [2.24, 2.45) is 0 Å². The first-order valence-corrected chi connectivity index (χ1v) is 4.84. The average molecular weight is 147 g/mol. The van der Waals surface area contributed by atoms with Crippen LogP contribution in [0.5, 0.6) is 0 Å². The van der Waals surface area contributed by atoms with Gasteiger partial charge in [-0.15, -0.1) is 6.58 Å². The van der Waals surface area contributed by atoms with E-state index in [1.54, 1.807) is 0 Å². The molecule has 1 radical (unpaired) electrons. The molecule has 1 heteroatoms. The third-order valence-electron chi connectivity index (χ3n) is 3.41. The molecule has 0 aromatic carbocycles. The SMILES string of the molecule is C=CC12[B]C(CCC1)CCC2. The summed E-state index contributed by atoms with van der Waals surface area (Å²) in [5.74, 6) is 0.926. The van der Waals surface area contributed by atoms with Crippen LogP contribution in [0.2, 0.25) is 11.1 Å². The summed E-state index contributed by atoms with van der Waals surface area (Å²) in [7, 11) is 2.58. The van der Waals surface area contributed by atoms with Gasteiger partial charge in [0.25, 0.3) is 0 Å². The van der Waals surface area contributed by atoms with Gasteiger partial charge in [-0.05, 0) is 5.31 Å². The Bertz CT molecular complexity index is 152. The Kier molecular flexibility index (Phi) is 1.82. The van der Waals surface area contributed by atoms with E-state index in [9.17, 15) is 0 Å². The van der Waals surface area contributed by atoms with Crippen molar-refractivity contribution >= 4 is 7.28 Å². The quantitative estimate of drug-likeness (QED) is 0.394. The van der Waals surface area contributed by atoms with E-state index in [-0.39, 0.29) is 0 Å². The molecule has 0 nitrogen and oxygen atoms in total. The smallest absolute Gasteiger partial charge is 0.103 e. The molecular formula is C10H16B. The third-order valence-corrected chi connectivity index (χ3v) is 3.41. The van der Waals surface area contributed by atoms with Gasteiger partial charge in [0.15, 0.2) is 0 Å². The molecule has 2 bridgehead atoms. The minimum absolute atomic E-state index is 0.459. The van der Waals surface area contributed by atoms with Crippen molar-refractivity contribution in [1.29, 1.82) is 0 Å². The molecular weight excluding hydrogens is 131 g/mol. The second-order valence-electron chi connectivity index (χ2n) is 4.15. The molecule has 0 amide bonds. The normalized spacial score (nSPS) is 42.7. The Morgan fingerprint density at radius 1 is 1.27 bits per heavy atom. The second kappa shape index (κ2) is 2.69. The summed E-state index contributed by atoms with van der Waals surface area (Å²) in [6.45, 7) is 3.96. The molecule has 0 aromatic heterocycles. The predicted octanol–water partition coefficient (Wildman–Crippen LogP) is 3.19. The van der Waals surface area contributed by atoms with Crippen LogP contribution in [0.4, 0.5) is 0 Å². The lowest BCUT2D eigenvalue weighted by molar-refractivity contribution is 0.398. The first-order valence-electron chi connectivity index (χ1n) is 4.84. The van der Waals surface area contributed by atoms with Gasteiger partial charge in [0.2, 0.25) is 0 Å². The fourth-order valence-electron chi connectivity index (χ4n) is 2.73. The van der Waals surface area contributed by atoms with E-state index in [2.05, 4.69) is 19.9 Å². The maximum absolute atomic E-state index is 3.96. The van der Waals surface area contributed by atoms with Gasteiger partial charge in [-0.1, -0.05) is 50.4 Å². The van der Waals surface area contributed by atoms with Crippen LogP contribution in [-0.2, 0) is 0 Å². The standard InChI is InChI=1S/C10H16B/c1-2-10-7-3-5-9(11-10)6-4-8-10/h2,9H,1,3-8H2. The Hall–Kier alpha value is -0.195. The van der Waals surface area contributed by atoms with Crippen molar-refractivity contribution in [2.45, 2.75) is 49.7 Å². The molecule has 2 rings (SSSR count). The van der Waals surface area contributed by atoms with Crippen LogP contribution in [0.3, 0.4) is 0 Å². The summed E-state index contributed by atoms with van der Waals surface area (Å²) in [4.78, 5) is 0. The predicted molar refractivity (Wildman–Crippen MR) is 50.1 cm³/mol. The van der Waals surface area contributed by atoms with Crippen LogP contribution in [0.25, 0.3) is 0 Å². The zero-order valence-corrected chi connectivity index (χ0v) is 7.18. The highest BCUT2D eigenvalue weighted by molar-refractivity contribution is 6.43. The fourth-order valence-corrected chi connectivity index (χ4v) is 2.73. The number of hydrogen-bond acceptors (Lipinski definition) is 0. The highest BCUT2D eigenvalue weighted by Crippen LogP contribution is 2.51. The summed E-state index contributed by atoms with van der Waals surface area (Å²) in [5.41, 5.74) is 0. The van der Waals surface area contributed by atoms with Gasteiger partial charge in [-0.25, -0.2) is 0 Å². The molecule has 2 aliphatic rings. The topological polar surface area (TPSA) is 0 Å². The molecule has 2 saturated heterocycles. The van der Waals surface area contributed by atoms with E-state index in [0.29, 0.717) is 5.31 Å². The maximum Gasteiger partial charge on any atom is 0.127 e. The molecule has 2 heterocycles. The molecule has 0 unspecified atom stereocenters. The van der Waals surface area contributed by atoms with Crippen LogP contribution in [-0.4, -0.2) is 7.28 Å². The highest BCUT2D eigenvalue weighted by atomic mass is 14.3. The van der Waals surface area contributed by atoms with Crippen molar-refractivity contribution in [3.05, 3.63) is 12.7 Å². The first kappa shape index (κ1) is 7.45. The van der Waals surface area contributed by atoms with Crippen LogP contribution in [0.15, 0.2) is 12.7 Å². The van der Waals surface area contributed by atoms with Gasteiger partial charge < -0.3 is 0 Å². The second-order valence-corrected chi connectivity index (χ2v) is 4.15. The molecule has 2 fully saturated rings. The van der Waals surface area contributed by atoms with Crippen LogP contribution in [0.1, 0.15) is 38.5 Å². The van der Waals surface area contributed by atoms with E-state index in [1.807, 2.05) is 0 Å². The van der Waals surface area contributed by atoms with E-state index in [1.165, 1.54) is 38.5 Å². The van der Waals surface area contributed by atoms with Crippen LogP contribution >= 0.6 is 0 Å². The average Bonchev–Trinajstić information content (AvgIpc) is 2.05. The summed E-state index contributed by atoms with van der Waals surface area (Å²) >= 11 is 0. The van der Waals surface area contributed by atoms with Crippen molar-refractivity contribution in [3.8, 4) is 0 Å². The van der Waals surface area contributed by atoms with Gasteiger partial charge in [-0.2, -0.15) is 0 Å². The molecule has 0 N–H and O–H groups in total. The summed E-state index contributed by atoms with van der Waals surface area (Å²) < 4.78 is 0. The molecule has 0 aromatic rings. The molecule has 59 valence electrons. The van der Waals surface area contributed by atoms with Gasteiger partial charge in [0.05, 0.1) is 0 Å². The van der Waals surface area contributed by atoms with Crippen LogP contribution < -0.4 is 0 Å². The molecule has 2 aliphatic heterocycles. The molecule has 0 saturated carbocycles. The number of rotatable bonds is 1. The monoisotopic (exact) mass is 147 g/mol. The Labute approximate surface area is 70.3 Å². The Morgan fingerprint density at radius 2 is 1.91 bits per heavy atom. The minimum atomic E-state index is 0.459. The van der Waals surface area contributed by atoms with Crippen LogP contribution in [0, 0.1) is 0 Å². The Balaban J connectivity index is 2.13. The molecule has 0 atom stereocenters. The molecule has 11 heavy (non-hydrogen) atoms. The van der Waals surface area contributed by atoms with E-state index < -0.39 is 0 Å². The summed E-state index contributed by atoms with van der Waals surface area (Å²) in [6.07, 6.45) is 10.7. The zero-order chi connectivity index (χ0) is 7.73. The van der Waals surface area contributed by atoms with Gasteiger partial charge >= 0.3 is 0 Å². The fraction of sp³-hybridized carbons (Fsp3) is 0.800. The van der Waals surface area contributed by atoms with E-state index >= 15 is 0 Å². The van der Waals surface area contributed by atoms with Gasteiger partial charge in [0, 0.05) is 0 Å². The molecule has 0 spiro atoms. The number of fused-ring (bicyclic) bond motifs is 2. The Morgan fingerprint density at radius 3 is 2.36 bits per heavy atom.